The normalized spacial score (nSPS) is 11.5. The van der Waals surface area contributed by atoms with Crippen LogP contribution in [0.15, 0.2) is 21.3 Å². The molecule has 8 heteroatoms. The molecule has 26 heavy (non-hydrogen) atoms. The van der Waals surface area contributed by atoms with Gasteiger partial charge in [-0.05, 0) is 26.7 Å². The zero-order valence-corrected chi connectivity index (χ0v) is 15.4. The number of fused-ring (bicyclic) bond motifs is 3. The van der Waals surface area contributed by atoms with E-state index >= 15 is 0 Å². The van der Waals surface area contributed by atoms with Gasteiger partial charge < -0.3 is 14.5 Å². The van der Waals surface area contributed by atoms with Gasteiger partial charge in [0.1, 0.15) is 17.1 Å². The van der Waals surface area contributed by atoms with Crippen LogP contribution in [0.3, 0.4) is 0 Å². The number of hydrogen-bond donors (Lipinski definition) is 1. The zero-order chi connectivity index (χ0) is 18.7. The molecule has 0 fully saturated rings. The number of nitrogens with zero attached hydrogens (tertiary/aromatic N) is 3. The molecule has 0 radical (unpaired) electrons. The van der Waals surface area contributed by atoms with Crippen LogP contribution < -0.4 is 10.9 Å². The Morgan fingerprint density at radius 2 is 2.08 bits per heavy atom. The van der Waals surface area contributed by atoms with Crippen molar-refractivity contribution in [1.29, 1.82) is 0 Å². The summed E-state index contributed by atoms with van der Waals surface area (Å²) in [5.41, 5.74) is 1.88. The standard InChI is InChI=1S/C18H24N4O4/c1-12-10-14-16(26-12)11-15-18(24)21(20-13(2)22(14)15)8-4-6-17(23)19-7-5-9-25-3/h10-11H,4-9H2,1-3H3,(H,19,23). The van der Waals surface area contributed by atoms with Crippen molar-refractivity contribution >= 4 is 22.5 Å². The molecule has 0 saturated heterocycles. The fourth-order valence-corrected chi connectivity index (χ4v) is 3.09. The SMILES string of the molecule is COCCCNC(=O)CCCn1nc(C)n2c(cc3oc(C)cc32)c1=O. The molecule has 0 atom stereocenters. The van der Waals surface area contributed by atoms with Crippen molar-refractivity contribution in [1.82, 2.24) is 19.5 Å². The largest absolute Gasteiger partial charge is 0.460 e. The Hall–Kier alpha value is -2.61. The summed E-state index contributed by atoms with van der Waals surface area (Å²) in [6.45, 7) is 5.34. The molecular weight excluding hydrogens is 336 g/mol. The van der Waals surface area contributed by atoms with Crippen LogP contribution in [-0.4, -0.2) is 40.3 Å². The maximum atomic E-state index is 12.7. The summed E-state index contributed by atoms with van der Waals surface area (Å²) >= 11 is 0. The summed E-state index contributed by atoms with van der Waals surface area (Å²) in [6.07, 6.45) is 1.69. The second-order valence-electron chi connectivity index (χ2n) is 6.35. The minimum absolute atomic E-state index is 0.0253. The maximum absolute atomic E-state index is 12.7. The van der Waals surface area contributed by atoms with Gasteiger partial charge in [-0.3, -0.25) is 14.0 Å². The first-order chi connectivity index (χ1) is 12.5. The van der Waals surface area contributed by atoms with Gasteiger partial charge in [0.25, 0.3) is 5.56 Å². The van der Waals surface area contributed by atoms with Gasteiger partial charge in [0, 0.05) is 45.4 Å². The fourth-order valence-electron chi connectivity index (χ4n) is 3.09. The van der Waals surface area contributed by atoms with E-state index in [-0.39, 0.29) is 11.5 Å². The van der Waals surface area contributed by atoms with Crippen LogP contribution in [-0.2, 0) is 16.1 Å². The van der Waals surface area contributed by atoms with Crippen molar-refractivity contribution in [3.8, 4) is 0 Å². The lowest BCUT2D eigenvalue weighted by atomic mass is 10.3. The first-order valence-electron chi connectivity index (χ1n) is 8.76. The van der Waals surface area contributed by atoms with Crippen molar-refractivity contribution in [2.24, 2.45) is 0 Å². The first-order valence-corrected chi connectivity index (χ1v) is 8.76. The number of rotatable bonds is 8. The van der Waals surface area contributed by atoms with Crippen LogP contribution in [0, 0.1) is 13.8 Å². The van der Waals surface area contributed by atoms with Crippen LogP contribution in [0.4, 0.5) is 0 Å². The van der Waals surface area contributed by atoms with Gasteiger partial charge in [0.2, 0.25) is 5.91 Å². The Labute approximate surface area is 150 Å². The van der Waals surface area contributed by atoms with Gasteiger partial charge in [-0.1, -0.05) is 0 Å². The topological polar surface area (TPSA) is 90.8 Å². The number of furan rings is 1. The number of methoxy groups -OCH3 is 1. The molecule has 0 aliphatic heterocycles. The summed E-state index contributed by atoms with van der Waals surface area (Å²) in [6, 6.07) is 3.65. The van der Waals surface area contributed by atoms with Crippen molar-refractivity contribution < 1.29 is 13.9 Å². The van der Waals surface area contributed by atoms with Crippen molar-refractivity contribution in [2.45, 2.75) is 39.7 Å². The summed E-state index contributed by atoms with van der Waals surface area (Å²) in [7, 11) is 1.63. The van der Waals surface area contributed by atoms with Gasteiger partial charge in [-0.2, -0.15) is 5.10 Å². The zero-order valence-electron chi connectivity index (χ0n) is 15.4. The molecule has 0 aliphatic carbocycles. The Kier molecular flexibility index (Phi) is 5.41. The van der Waals surface area contributed by atoms with Gasteiger partial charge >= 0.3 is 0 Å². The van der Waals surface area contributed by atoms with E-state index < -0.39 is 0 Å². The van der Waals surface area contributed by atoms with Crippen molar-refractivity contribution in [3.63, 3.8) is 0 Å². The highest BCUT2D eigenvalue weighted by Gasteiger charge is 2.15. The molecular formula is C18H24N4O4. The van der Waals surface area contributed by atoms with Crippen LogP contribution >= 0.6 is 0 Å². The van der Waals surface area contributed by atoms with Gasteiger partial charge in [0.15, 0.2) is 5.58 Å². The average Bonchev–Trinajstić information content (AvgIpc) is 3.12. The van der Waals surface area contributed by atoms with E-state index in [1.54, 1.807) is 13.2 Å². The van der Waals surface area contributed by atoms with E-state index in [9.17, 15) is 9.59 Å². The number of carbonyl (C=O) groups is 1. The molecule has 0 aromatic carbocycles. The van der Waals surface area contributed by atoms with Crippen LogP contribution in [0.5, 0.6) is 0 Å². The smallest absolute Gasteiger partial charge is 0.291 e. The van der Waals surface area contributed by atoms with Crippen molar-refractivity contribution in [2.75, 3.05) is 20.3 Å². The number of aryl methyl sites for hydroxylation is 3. The van der Waals surface area contributed by atoms with Crippen LogP contribution in [0.1, 0.15) is 30.8 Å². The highest BCUT2D eigenvalue weighted by Crippen LogP contribution is 2.22. The van der Waals surface area contributed by atoms with E-state index in [4.69, 9.17) is 9.15 Å². The predicted octanol–water partition coefficient (Wildman–Crippen LogP) is 1.79. The maximum Gasteiger partial charge on any atom is 0.291 e. The van der Waals surface area contributed by atoms with Gasteiger partial charge in [-0.25, -0.2) is 4.68 Å². The third kappa shape index (κ3) is 3.65. The highest BCUT2D eigenvalue weighted by atomic mass is 16.5. The molecule has 3 heterocycles. The van der Waals surface area contributed by atoms with Crippen LogP contribution in [0.2, 0.25) is 0 Å². The minimum atomic E-state index is -0.180. The quantitative estimate of drug-likeness (QED) is 0.619. The number of aromatic nitrogens is 3. The highest BCUT2D eigenvalue weighted by molar-refractivity contribution is 5.83. The Balaban J connectivity index is 1.68. The molecule has 0 bridgehead atoms. The van der Waals surface area contributed by atoms with Crippen molar-refractivity contribution in [3.05, 3.63) is 34.1 Å². The van der Waals surface area contributed by atoms with E-state index in [1.165, 1.54) is 4.68 Å². The molecule has 3 aromatic heterocycles. The van der Waals surface area contributed by atoms with E-state index in [0.29, 0.717) is 49.5 Å². The number of carbonyl (C=O) groups excluding carboxylic acids is 1. The van der Waals surface area contributed by atoms with Crippen LogP contribution in [0.25, 0.3) is 16.6 Å². The third-order valence-electron chi connectivity index (χ3n) is 4.28. The summed E-state index contributed by atoms with van der Waals surface area (Å²) in [5, 5.41) is 7.23. The molecule has 3 rings (SSSR count). The molecule has 0 spiro atoms. The third-order valence-corrected chi connectivity index (χ3v) is 4.28. The fraction of sp³-hybridized carbons (Fsp3) is 0.500. The summed E-state index contributed by atoms with van der Waals surface area (Å²) in [5.74, 6) is 1.48. The van der Waals surface area contributed by atoms with E-state index in [0.717, 1.165) is 17.7 Å². The van der Waals surface area contributed by atoms with E-state index in [1.807, 2.05) is 24.3 Å². The average molecular weight is 360 g/mol. The lowest BCUT2D eigenvalue weighted by Crippen LogP contribution is -2.28. The Morgan fingerprint density at radius 3 is 2.85 bits per heavy atom. The number of ether oxygens (including phenoxy) is 1. The summed E-state index contributed by atoms with van der Waals surface area (Å²) in [4.78, 5) is 24.5. The predicted molar refractivity (Wildman–Crippen MR) is 97.4 cm³/mol. The van der Waals surface area contributed by atoms with E-state index in [2.05, 4.69) is 10.4 Å². The number of amides is 1. The molecule has 0 saturated carbocycles. The van der Waals surface area contributed by atoms with Gasteiger partial charge in [0.05, 0.1) is 5.52 Å². The molecule has 0 aliphatic rings. The molecule has 140 valence electrons. The lowest BCUT2D eigenvalue weighted by Gasteiger charge is -2.08. The molecule has 0 unspecified atom stereocenters. The second kappa shape index (κ2) is 7.74. The summed E-state index contributed by atoms with van der Waals surface area (Å²) < 4.78 is 13.8. The number of hydrogen-bond acceptors (Lipinski definition) is 5. The minimum Gasteiger partial charge on any atom is -0.460 e. The first kappa shape index (κ1) is 18.2. The lowest BCUT2D eigenvalue weighted by molar-refractivity contribution is -0.121. The Bertz CT molecular complexity index is 983. The molecule has 1 amide bonds. The molecule has 3 aromatic rings. The second-order valence-corrected chi connectivity index (χ2v) is 6.35. The van der Waals surface area contributed by atoms with Gasteiger partial charge in [-0.15, -0.1) is 0 Å². The monoisotopic (exact) mass is 360 g/mol. The number of nitrogens with one attached hydrogen (secondary N) is 1. The molecule has 8 nitrogen and oxygen atoms in total. The Morgan fingerprint density at radius 1 is 1.27 bits per heavy atom. The molecule has 1 N–H and O–H groups in total.